The van der Waals surface area contributed by atoms with Crippen LogP contribution < -0.4 is 10.6 Å². The molecule has 0 radical (unpaired) electrons. The molecule has 0 aliphatic carbocycles. The lowest BCUT2D eigenvalue weighted by molar-refractivity contribution is -0.137. The topological polar surface area (TPSA) is 107 Å². The normalized spacial score (nSPS) is 14.8. The third kappa shape index (κ3) is 6.84. The lowest BCUT2D eigenvalue weighted by Gasteiger charge is -2.32. The number of hydrogen-bond acceptors (Lipinski definition) is 4. The SMILES string of the molecule is CCCC(=O)N[C@@H](Cc1cnc[nH]1)C(=O)N[C@H](C(=O)N1CCCC1)C(c1ccccc1)c1ccccc1. The van der Waals surface area contributed by atoms with Gasteiger partial charge in [-0.15, -0.1) is 0 Å². The van der Waals surface area contributed by atoms with Gasteiger partial charge in [0.05, 0.1) is 6.33 Å². The number of H-pyrrole nitrogens is 1. The van der Waals surface area contributed by atoms with Gasteiger partial charge >= 0.3 is 0 Å². The summed E-state index contributed by atoms with van der Waals surface area (Å²) in [5, 5.41) is 5.94. The highest BCUT2D eigenvalue weighted by Gasteiger charge is 2.37. The second-order valence-corrected chi connectivity index (χ2v) is 9.47. The third-order valence-electron chi connectivity index (χ3n) is 6.74. The zero-order chi connectivity index (χ0) is 26.0. The molecule has 3 aromatic rings. The van der Waals surface area contributed by atoms with Gasteiger partial charge in [0.15, 0.2) is 0 Å². The summed E-state index contributed by atoms with van der Waals surface area (Å²) in [6.07, 6.45) is 6.30. The highest BCUT2D eigenvalue weighted by molar-refractivity contribution is 5.93. The second-order valence-electron chi connectivity index (χ2n) is 9.47. The molecule has 37 heavy (non-hydrogen) atoms. The first-order chi connectivity index (χ1) is 18.1. The predicted molar refractivity (Wildman–Crippen MR) is 142 cm³/mol. The van der Waals surface area contributed by atoms with Crippen LogP contribution in [0.2, 0.25) is 0 Å². The molecule has 4 rings (SSSR count). The predicted octanol–water partition coefficient (Wildman–Crippen LogP) is 3.18. The monoisotopic (exact) mass is 501 g/mol. The van der Waals surface area contributed by atoms with Crippen molar-refractivity contribution in [1.29, 1.82) is 0 Å². The van der Waals surface area contributed by atoms with E-state index >= 15 is 0 Å². The van der Waals surface area contributed by atoms with E-state index in [1.807, 2.05) is 72.5 Å². The van der Waals surface area contributed by atoms with E-state index in [2.05, 4.69) is 20.6 Å². The maximum atomic E-state index is 13.9. The summed E-state index contributed by atoms with van der Waals surface area (Å²) in [5.41, 5.74) is 2.60. The van der Waals surface area contributed by atoms with Crippen LogP contribution in [0.25, 0.3) is 0 Å². The molecule has 2 heterocycles. The summed E-state index contributed by atoms with van der Waals surface area (Å²) >= 11 is 0. The van der Waals surface area contributed by atoms with Crippen molar-refractivity contribution in [2.24, 2.45) is 0 Å². The second kappa shape index (κ2) is 12.9. The Bertz CT molecular complexity index is 1110. The Morgan fingerprint density at radius 1 is 0.946 bits per heavy atom. The van der Waals surface area contributed by atoms with Gasteiger partial charge < -0.3 is 20.5 Å². The molecule has 0 spiro atoms. The molecule has 3 N–H and O–H groups in total. The lowest BCUT2D eigenvalue weighted by Crippen LogP contribution is -2.56. The van der Waals surface area contributed by atoms with E-state index in [1.54, 1.807) is 12.5 Å². The van der Waals surface area contributed by atoms with Crippen molar-refractivity contribution in [1.82, 2.24) is 25.5 Å². The zero-order valence-electron chi connectivity index (χ0n) is 21.2. The molecular formula is C29H35N5O3. The van der Waals surface area contributed by atoms with Crippen LogP contribution in [-0.4, -0.2) is 57.8 Å². The Kier molecular flexibility index (Phi) is 9.08. The molecule has 0 bridgehead atoms. The first-order valence-corrected chi connectivity index (χ1v) is 13.0. The molecule has 1 aliphatic heterocycles. The Morgan fingerprint density at radius 3 is 2.11 bits per heavy atom. The number of aromatic nitrogens is 2. The van der Waals surface area contributed by atoms with Crippen LogP contribution in [0.3, 0.4) is 0 Å². The molecule has 3 amide bonds. The summed E-state index contributed by atoms with van der Waals surface area (Å²) in [4.78, 5) is 49.1. The van der Waals surface area contributed by atoms with E-state index < -0.39 is 23.9 Å². The van der Waals surface area contributed by atoms with Crippen LogP contribution in [0, 0.1) is 0 Å². The third-order valence-corrected chi connectivity index (χ3v) is 6.74. The van der Waals surface area contributed by atoms with Crippen LogP contribution in [0.1, 0.15) is 55.3 Å². The molecule has 8 nitrogen and oxygen atoms in total. The van der Waals surface area contributed by atoms with Gasteiger partial charge in [-0.1, -0.05) is 67.6 Å². The Balaban J connectivity index is 1.69. The maximum absolute atomic E-state index is 13.9. The van der Waals surface area contributed by atoms with Gasteiger partial charge in [-0.05, 0) is 30.4 Å². The number of rotatable bonds is 11. The summed E-state index contributed by atoms with van der Waals surface area (Å²) in [7, 11) is 0. The average Bonchev–Trinajstić information content (AvgIpc) is 3.64. The first-order valence-electron chi connectivity index (χ1n) is 13.0. The lowest BCUT2D eigenvalue weighted by atomic mass is 9.84. The van der Waals surface area contributed by atoms with Crippen molar-refractivity contribution < 1.29 is 14.4 Å². The number of hydrogen-bond donors (Lipinski definition) is 3. The fourth-order valence-corrected chi connectivity index (χ4v) is 4.89. The number of nitrogens with zero attached hydrogens (tertiary/aromatic N) is 2. The Hall–Kier alpha value is -3.94. The molecular weight excluding hydrogens is 466 g/mol. The average molecular weight is 502 g/mol. The number of nitrogens with one attached hydrogen (secondary N) is 3. The zero-order valence-corrected chi connectivity index (χ0v) is 21.2. The number of aromatic amines is 1. The number of likely N-dealkylation sites (tertiary alicyclic amines) is 1. The summed E-state index contributed by atoms with van der Waals surface area (Å²) in [6.45, 7) is 3.26. The maximum Gasteiger partial charge on any atom is 0.246 e. The van der Waals surface area contributed by atoms with Gasteiger partial charge in [0.2, 0.25) is 17.7 Å². The van der Waals surface area contributed by atoms with Crippen molar-refractivity contribution >= 4 is 17.7 Å². The molecule has 0 unspecified atom stereocenters. The van der Waals surface area contributed by atoms with Crippen LogP contribution in [0.4, 0.5) is 0 Å². The van der Waals surface area contributed by atoms with Crippen molar-refractivity contribution in [3.05, 3.63) is 90.0 Å². The minimum absolute atomic E-state index is 0.108. The molecule has 8 heteroatoms. The van der Waals surface area contributed by atoms with Crippen LogP contribution in [0.5, 0.6) is 0 Å². The van der Waals surface area contributed by atoms with E-state index in [0.717, 1.165) is 29.7 Å². The highest BCUT2D eigenvalue weighted by atomic mass is 16.2. The Morgan fingerprint density at radius 2 is 1.57 bits per heavy atom. The summed E-state index contributed by atoms with van der Waals surface area (Å²) < 4.78 is 0. The fraction of sp³-hybridized carbons (Fsp3) is 0.379. The van der Waals surface area contributed by atoms with Gasteiger partial charge in [0.25, 0.3) is 0 Å². The Labute approximate surface area is 217 Å². The van der Waals surface area contributed by atoms with Crippen LogP contribution >= 0.6 is 0 Å². The molecule has 1 aromatic heterocycles. The van der Waals surface area contributed by atoms with Crippen LogP contribution in [-0.2, 0) is 20.8 Å². The smallest absolute Gasteiger partial charge is 0.246 e. The van der Waals surface area contributed by atoms with Gasteiger partial charge in [-0.25, -0.2) is 4.98 Å². The number of amides is 3. The molecule has 1 fully saturated rings. The van der Waals surface area contributed by atoms with Gasteiger partial charge in [-0.2, -0.15) is 0 Å². The summed E-state index contributed by atoms with van der Waals surface area (Å²) in [5.74, 6) is -1.09. The quantitative estimate of drug-likeness (QED) is 0.375. The molecule has 2 atom stereocenters. The fourth-order valence-electron chi connectivity index (χ4n) is 4.89. The molecule has 1 saturated heterocycles. The van der Waals surface area contributed by atoms with E-state index in [0.29, 0.717) is 25.9 Å². The van der Waals surface area contributed by atoms with Gasteiger partial charge in [0.1, 0.15) is 12.1 Å². The molecule has 2 aromatic carbocycles. The number of carbonyl (C=O) groups excluding carboxylic acids is 3. The van der Waals surface area contributed by atoms with Gasteiger partial charge in [-0.3, -0.25) is 14.4 Å². The van der Waals surface area contributed by atoms with E-state index in [4.69, 9.17) is 0 Å². The summed E-state index contributed by atoms with van der Waals surface area (Å²) in [6, 6.07) is 17.9. The number of carbonyl (C=O) groups is 3. The standard InChI is InChI=1S/C29H35N5O3/c1-2-11-25(35)32-24(18-23-19-30-20-31-23)28(36)33-27(29(37)34-16-9-10-17-34)26(21-12-5-3-6-13-21)22-14-7-4-8-15-22/h3-8,12-15,19-20,24,26-27H,2,9-11,16-18H2,1H3,(H,30,31)(H,32,35)(H,33,36)/t24-,27-/m0/s1. The van der Waals surface area contributed by atoms with E-state index in [-0.39, 0.29) is 18.2 Å². The van der Waals surface area contributed by atoms with Crippen molar-refractivity contribution in [3.8, 4) is 0 Å². The number of benzene rings is 2. The van der Waals surface area contributed by atoms with Crippen molar-refractivity contribution in [2.45, 2.75) is 57.0 Å². The van der Waals surface area contributed by atoms with Crippen molar-refractivity contribution in [2.75, 3.05) is 13.1 Å². The highest BCUT2D eigenvalue weighted by Crippen LogP contribution is 2.30. The van der Waals surface area contributed by atoms with Crippen LogP contribution in [0.15, 0.2) is 73.2 Å². The van der Waals surface area contributed by atoms with E-state index in [1.165, 1.54) is 0 Å². The molecule has 1 aliphatic rings. The minimum Gasteiger partial charge on any atom is -0.348 e. The largest absolute Gasteiger partial charge is 0.348 e. The van der Waals surface area contributed by atoms with Gasteiger partial charge in [0, 0.05) is 43.7 Å². The molecule has 194 valence electrons. The first kappa shape index (κ1) is 26.1. The minimum atomic E-state index is -0.847. The van der Waals surface area contributed by atoms with Crippen molar-refractivity contribution in [3.63, 3.8) is 0 Å². The van der Waals surface area contributed by atoms with E-state index in [9.17, 15) is 14.4 Å². The number of imidazole rings is 1. The molecule has 0 saturated carbocycles.